The zero-order valence-corrected chi connectivity index (χ0v) is 13.8. The number of ether oxygens (including phenoxy) is 1. The molecule has 2 fully saturated rings. The third kappa shape index (κ3) is 3.16. The van der Waals surface area contributed by atoms with Crippen LogP contribution in [-0.4, -0.2) is 56.2 Å². The average Bonchev–Trinajstić information content (AvgIpc) is 2.99. The van der Waals surface area contributed by atoms with E-state index >= 15 is 0 Å². The van der Waals surface area contributed by atoms with Crippen molar-refractivity contribution in [3.8, 4) is 0 Å². The number of hydrogen-bond donors (Lipinski definition) is 1. The summed E-state index contributed by atoms with van der Waals surface area (Å²) in [5.74, 6) is 2.56. The van der Waals surface area contributed by atoms with Gasteiger partial charge in [0.15, 0.2) is 5.82 Å². The van der Waals surface area contributed by atoms with Crippen LogP contribution >= 0.6 is 0 Å². The molecule has 2 aromatic rings. The lowest BCUT2D eigenvalue weighted by Gasteiger charge is -2.22. The fourth-order valence-corrected chi connectivity index (χ4v) is 3.35. The van der Waals surface area contributed by atoms with Crippen molar-refractivity contribution in [2.24, 2.45) is 0 Å². The molecule has 1 saturated carbocycles. The summed E-state index contributed by atoms with van der Waals surface area (Å²) in [5, 5.41) is 11.9. The first-order chi connectivity index (χ1) is 11.2. The lowest BCUT2D eigenvalue weighted by atomic mass is 10.2. The lowest BCUT2D eigenvalue weighted by Crippen LogP contribution is -2.29. The Morgan fingerprint density at radius 1 is 1.35 bits per heavy atom. The van der Waals surface area contributed by atoms with Gasteiger partial charge in [-0.2, -0.15) is 10.2 Å². The van der Waals surface area contributed by atoms with Gasteiger partial charge in [-0.1, -0.05) is 0 Å². The number of likely N-dealkylation sites (tertiary alicyclic amines) is 1. The molecule has 7 heteroatoms. The van der Waals surface area contributed by atoms with Gasteiger partial charge in [0.2, 0.25) is 0 Å². The van der Waals surface area contributed by atoms with E-state index in [9.17, 15) is 0 Å². The van der Waals surface area contributed by atoms with Crippen LogP contribution in [0.5, 0.6) is 0 Å². The summed E-state index contributed by atoms with van der Waals surface area (Å²) < 4.78 is 7.59. The minimum absolute atomic E-state index is 0.258. The van der Waals surface area contributed by atoms with E-state index in [0.29, 0.717) is 5.92 Å². The van der Waals surface area contributed by atoms with Crippen LogP contribution < -0.4 is 0 Å². The molecule has 23 heavy (non-hydrogen) atoms. The van der Waals surface area contributed by atoms with Gasteiger partial charge >= 0.3 is 0 Å². The van der Waals surface area contributed by atoms with Gasteiger partial charge in [0, 0.05) is 32.3 Å². The molecule has 2 aliphatic rings. The predicted molar refractivity (Wildman–Crippen MR) is 85.0 cm³/mol. The third-order valence-corrected chi connectivity index (χ3v) is 4.86. The summed E-state index contributed by atoms with van der Waals surface area (Å²) in [6.45, 7) is 4.81. The van der Waals surface area contributed by atoms with Crippen LogP contribution in [0.1, 0.15) is 48.4 Å². The Labute approximate surface area is 136 Å². The normalized spacial score (nSPS) is 25.3. The Morgan fingerprint density at radius 2 is 2.22 bits per heavy atom. The van der Waals surface area contributed by atoms with Crippen LogP contribution in [0, 0.1) is 6.92 Å². The van der Waals surface area contributed by atoms with E-state index in [2.05, 4.69) is 33.3 Å². The molecule has 1 aliphatic carbocycles. The third-order valence-electron chi connectivity index (χ3n) is 4.86. The van der Waals surface area contributed by atoms with Crippen molar-refractivity contribution in [2.75, 3.05) is 20.2 Å². The molecule has 0 bridgehead atoms. The molecule has 1 N–H and O–H groups in total. The molecule has 1 saturated heterocycles. The van der Waals surface area contributed by atoms with Gasteiger partial charge in [-0.25, -0.2) is 4.98 Å². The second kappa shape index (κ2) is 6.05. The molecule has 0 spiro atoms. The Bertz CT molecular complexity index is 661. The summed E-state index contributed by atoms with van der Waals surface area (Å²) in [6.07, 6.45) is 7.66. The molecular weight excluding hydrogens is 292 g/mol. The average molecular weight is 316 g/mol. The van der Waals surface area contributed by atoms with Crippen LogP contribution in [0.3, 0.4) is 0 Å². The highest BCUT2D eigenvalue weighted by atomic mass is 16.5. The second-order valence-electron chi connectivity index (χ2n) is 6.74. The fourth-order valence-electron chi connectivity index (χ4n) is 3.35. The minimum Gasteiger partial charge on any atom is -0.380 e. The van der Waals surface area contributed by atoms with Gasteiger partial charge in [0.25, 0.3) is 0 Å². The molecule has 0 radical (unpaired) electrons. The standard InChI is InChI=1S/C16H24N6O/c1-11-8-17-22(9-11)6-5-21-10-13(23-2)7-14(21)16-18-15(19-20-16)12-3-4-12/h8-9,12-14H,3-7,10H2,1-2H3,(H,18,19,20)/t13-,14+/m1/s1. The molecule has 0 amide bonds. The van der Waals surface area contributed by atoms with Gasteiger partial charge in [0.05, 0.1) is 24.9 Å². The first kappa shape index (κ1) is 14.8. The first-order valence-electron chi connectivity index (χ1n) is 8.41. The molecule has 0 unspecified atom stereocenters. The summed E-state index contributed by atoms with van der Waals surface area (Å²) >= 11 is 0. The van der Waals surface area contributed by atoms with E-state index < -0.39 is 0 Å². The summed E-state index contributed by atoms with van der Waals surface area (Å²) in [7, 11) is 1.79. The number of aryl methyl sites for hydroxylation is 1. The van der Waals surface area contributed by atoms with E-state index in [1.165, 1.54) is 18.4 Å². The van der Waals surface area contributed by atoms with Crippen molar-refractivity contribution in [1.29, 1.82) is 0 Å². The minimum atomic E-state index is 0.258. The number of methoxy groups -OCH3 is 1. The van der Waals surface area contributed by atoms with Gasteiger partial charge in [-0.3, -0.25) is 14.7 Å². The van der Waals surface area contributed by atoms with Gasteiger partial charge in [0.1, 0.15) is 5.82 Å². The monoisotopic (exact) mass is 316 g/mol. The fraction of sp³-hybridized carbons (Fsp3) is 0.688. The molecule has 124 valence electrons. The topological polar surface area (TPSA) is 71.9 Å². The number of aromatic amines is 1. The molecule has 3 heterocycles. The number of H-pyrrole nitrogens is 1. The Balaban J connectivity index is 1.45. The summed E-state index contributed by atoms with van der Waals surface area (Å²) in [4.78, 5) is 7.18. The SMILES string of the molecule is CO[C@@H]1C[C@@H](c2nc(C3CC3)n[nH]2)N(CCn2cc(C)cn2)C1. The van der Waals surface area contributed by atoms with Crippen LogP contribution in [0.2, 0.25) is 0 Å². The number of rotatable bonds is 6. The maximum atomic E-state index is 5.59. The van der Waals surface area contributed by atoms with Crippen molar-refractivity contribution in [2.45, 2.75) is 50.8 Å². The molecular formula is C16H24N6O. The van der Waals surface area contributed by atoms with E-state index in [1.807, 2.05) is 10.9 Å². The largest absolute Gasteiger partial charge is 0.380 e. The van der Waals surface area contributed by atoms with E-state index in [0.717, 1.165) is 37.7 Å². The molecule has 2 aromatic heterocycles. The summed E-state index contributed by atoms with van der Waals surface area (Å²) in [5.41, 5.74) is 1.20. The number of hydrogen-bond acceptors (Lipinski definition) is 5. The zero-order chi connectivity index (χ0) is 15.8. The Hall–Kier alpha value is -1.73. The van der Waals surface area contributed by atoms with Crippen molar-refractivity contribution < 1.29 is 4.74 Å². The summed E-state index contributed by atoms with van der Waals surface area (Å²) in [6, 6.07) is 0.261. The van der Waals surface area contributed by atoms with E-state index in [-0.39, 0.29) is 12.1 Å². The maximum absolute atomic E-state index is 5.59. The van der Waals surface area contributed by atoms with Crippen molar-refractivity contribution >= 4 is 0 Å². The van der Waals surface area contributed by atoms with E-state index in [1.54, 1.807) is 7.11 Å². The van der Waals surface area contributed by atoms with Gasteiger partial charge < -0.3 is 4.74 Å². The molecule has 0 aromatic carbocycles. The number of aromatic nitrogens is 5. The van der Waals surface area contributed by atoms with Crippen molar-refractivity contribution in [3.63, 3.8) is 0 Å². The predicted octanol–water partition coefficient (Wildman–Crippen LogP) is 1.65. The van der Waals surface area contributed by atoms with Crippen molar-refractivity contribution in [1.82, 2.24) is 29.9 Å². The van der Waals surface area contributed by atoms with Gasteiger partial charge in [-0.15, -0.1) is 0 Å². The van der Waals surface area contributed by atoms with Crippen molar-refractivity contribution in [3.05, 3.63) is 29.6 Å². The molecule has 2 atom stereocenters. The van der Waals surface area contributed by atoms with Crippen LogP contribution in [-0.2, 0) is 11.3 Å². The number of nitrogens with one attached hydrogen (secondary N) is 1. The smallest absolute Gasteiger partial charge is 0.153 e. The second-order valence-corrected chi connectivity index (χ2v) is 6.74. The van der Waals surface area contributed by atoms with Gasteiger partial charge in [-0.05, 0) is 31.7 Å². The highest BCUT2D eigenvalue weighted by Gasteiger charge is 2.36. The first-order valence-corrected chi connectivity index (χ1v) is 8.41. The number of nitrogens with zero attached hydrogens (tertiary/aromatic N) is 5. The van der Waals surface area contributed by atoms with E-state index in [4.69, 9.17) is 9.72 Å². The zero-order valence-electron chi connectivity index (χ0n) is 13.8. The molecule has 1 aliphatic heterocycles. The van der Waals surface area contributed by atoms with Crippen LogP contribution in [0.4, 0.5) is 0 Å². The lowest BCUT2D eigenvalue weighted by molar-refractivity contribution is 0.107. The quantitative estimate of drug-likeness (QED) is 0.877. The van der Waals surface area contributed by atoms with Crippen LogP contribution in [0.25, 0.3) is 0 Å². The highest BCUT2D eigenvalue weighted by molar-refractivity contribution is 5.09. The van der Waals surface area contributed by atoms with Crippen LogP contribution in [0.15, 0.2) is 12.4 Å². The Morgan fingerprint density at radius 3 is 2.91 bits per heavy atom. The maximum Gasteiger partial charge on any atom is 0.153 e. The Kier molecular flexibility index (Phi) is 3.90. The highest BCUT2D eigenvalue weighted by Crippen LogP contribution is 2.39. The molecule has 7 nitrogen and oxygen atoms in total. The molecule has 4 rings (SSSR count).